The number of benzene rings is 2. The van der Waals surface area contributed by atoms with Gasteiger partial charge in [0, 0.05) is 18.3 Å². The highest BCUT2D eigenvalue weighted by Gasteiger charge is 2.55. The van der Waals surface area contributed by atoms with Crippen molar-refractivity contribution in [3.05, 3.63) is 59.7 Å². The number of urea groups is 1. The van der Waals surface area contributed by atoms with Crippen molar-refractivity contribution in [2.45, 2.75) is 60.9 Å². The Morgan fingerprint density at radius 3 is 2.27 bits per heavy atom. The third-order valence-electron chi connectivity index (χ3n) is 9.13. The molecule has 2 aromatic rings. The second-order valence-electron chi connectivity index (χ2n) is 11.4. The van der Waals surface area contributed by atoms with Crippen LogP contribution in [0, 0.1) is 17.2 Å². The van der Waals surface area contributed by atoms with Crippen LogP contribution in [0.2, 0.25) is 0 Å². The van der Waals surface area contributed by atoms with Crippen LogP contribution in [0.15, 0.2) is 53.4 Å². The van der Waals surface area contributed by atoms with Gasteiger partial charge in [-0.05, 0) is 82.3 Å². The third kappa shape index (κ3) is 4.42. The van der Waals surface area contributed by atoms with E-state index < -0.39 is 9.84 Å². The molecule has 2 amide bonds. The normalized spacial score (nSPS) is 26.5. The number of sulfone groups is 1. The van der Waals surface area contributed by atoms with Crippen LogP contribution in [-0.4, -0.2) is 63.2 Å². The first-order valence-corrected chi connectivity index (χ1v) is 15.1. The second-order valence-corrected chi connectivity index (χ2v) is 13.4. The molecule has 0 N–H and O–H groups in total. The molecule has 1 aliphatic heterocycles. The smallest absolute Gasteiger partial charge is 0.317 e. The lowest BCUT2D eigenvalue weighted by atomic mass is 9.68. The molecule has 37 heavy (non-hydrogen) atoms. The molecular formula is C29H36N4O3S. The molecule has 0 unspecified atom stereocenters. The molecule has 3 aliphatic rings. The Labute approximate surface area is 220 Å². The van der Waals surface area contributed by atoms with Crippen molar-refractivity contribution in [2.75, 3.05) is 38.3 Å². The number of nitriles is 1. The van der Waals surface area contributed by atoms with E-state index in [4.69, 9.17) is 0 Å². The first kappa shape index (κ1) is 25.7. The number of nitrogens with zero attached hydrogens (tertiary/aromatic N) is 4. The van der Waals surface area contributed by atoms with Gasteiger partial charge < -0.3 is 4.90 Å². The second kappa shape index (κ2) is 9.45. The fourth-order valence-corrected chi connectivity index (χ4v) is 7.21. The van der Waals surface area contributed by atoms with Crippen LogP contribution >= 0.6 is 0 Å². The fraction of sp³-hybridized carbons (Fsp3) is 0.517. The lowest BCUT2D eigenvalue weighted by Crippen LogP contribution is -2.56. The molecule has 8 heteroatoms. The van der Waals surface area contributed by atoms with E-state index >= 15 is 0 Å². The van der Waals surface area contributed by atoms with E-state index in [9.17, 15) is 18.5 Å². The maximum Gasteiger partial charge on any atom is 0.325 e. The largest absolute Gasteiger partial charge is 0.325 e. The van der Waals surface area contributed by atoms with Gasteiger partial charge in [-0.1, -0.05) is 36.8 Å². The summed E-state index contributed by atoms with van der Waals surface area (Å²) in [5, 5.41) is 9.87. The van der Waals surface area contributed by atoms with Crippen LogP contribution in [0.4, 0.5) is 10.5 Å². The quantitative estimate of drug-likeness (QED) is 0.548. The van der Waals surface area contributed by atoms with Crippen LogP contribution < -0.4 is 4.90 Å². The highest BCUT2D eigenvalue weighted by molar-refractivity contribution is 7.90. The van der Waals surface area contributed by atoms with Crippen LogP contribution in [0.5, 0.6) is 0 Å². The van der Waals surface area contributed by atoms with E-state index in [1.165, 1.54) is 24.1 Å². The van der Waals surface area contributed by atoms with E-state index in [-0.39, 0.29) is 27.6 Å². The Morgan fingerprint density at radius 2 is 1.73 bits per heavy atom. The predicted molar refractivity (Wildman–Crippen MR) is 144 cm³/mol. The zero-order chi connectivity index (χ0) is 26.4. The lowest BCUT2D eigenvalue weighted by Gasteiger charge is -2.51. The Balaban J connectivity index is 1.49. The molecule has 0 aromatic heterocycles. The number of hydrogen-bond donors (Lipinski definition) is 0. The van der Waals surface area contributed by atoms with Crippen molar-refractivity contribution >= 4 is 21.6 Å². The van der Waals surface area contributed by atoms with Crippen LogP contribution in [0.1, 0.15) is 56.1 Å². The van der Waals surface area contributed by atoms with E-state index in [0.717, 1.165) is 51.3 Å². The summed E-state index contributed by atoms with van der Waals surface area (Å²) in [5.41, 5.74) is 1.65. The summed E-state index contributed by atoms with van der Waals surface area (Å²) in [6, 6.07) is 17.3. The van der Waals surface area contributed by atoms with E-state index in [1.807, 2.05) is 6.07 Å². The zero-order valence-corrected chi connectivity index (χ0v) is 22.8. The van der Waals surface area contributed by atoms with Gasteiger partial charge in [0.25, 0.3) is 0 Å². The molecule has 1 heterocycles. The number of carbonyl (C=O) groups is 1. The summed E-state index contributed by atoms with van der Waals surface area (Å²) < 4.78 is 24.2. The molecule has 0 atom stereocenters. The standard InChI is InChI=1S/C29H36N4O3S/c1-31(2)29(24-10-5-4-6-11-24)16-14-28(15-17-29)21-32(27(34)33(28)20-22-8-7-9-22)26-13-12-25(37(3,35)36)18-23(26)19-30/h4-6,10-13,18,22H,7-9,14-17,20-21H2,1-3H3. The maximum atomic E-state index is 14.0. The van der Waals surface area contributed by atoms with Gasteiger partial charge in [-0.2, -0.15) is 5.26 Å². The summed E-state index contributed by atoms with van der Waals surface area (Å²) in [4.78, 5) is 20.2. The molecule has 1 spiro atoms. The van der Waals surface area contributed by atoms with Crippen molar-refractivity contribution < 1.29 is 13.2 Å². The summed E-state index contributed by atoms with van der Waals surface area (Å²) >= 11 is 0. The number of amides is 2. The van der Waals surface area contributed by atoms with Gasteiger partial charge in [0.15, 0.2) is 9.84 Å². The Hall–Kier alpha value is -2.89. The molecule has 0 radical (unpaired) electrons. The Kier molecular flexibility index (Phi) is 6.57. The minimum Gasteiger partial charge on any atom is -0.317 e. The monoisotopic (exact) mass is 520 g/mol. The molecule has 3 fully saturated rings. The topological polar surface area (TPSA) is 84.7 Å². The Morgan fingerprint density at radius 1 is 1.05 bits per heavy atom. The summed E-state index contributed by atoms with van der Waals surface area (Å²) in [5.74, 6) is 0.526. The number of rotatable bonds is 6. The van der Waals surface area contributed by atoms with Crippen LogP contribution in [0.25, 0.3) is 0 Å². The van der Waals surface area contributed by atoms with Gasteiger partial charge in [-0.3, -0.25) is 9.80 Å². The predicted octanol–water partition coefficient (Wildman–Crippen LogP) is 4.77. The molecule has 7 nitrogen and oxygen atoms in total. The van der Waals surface area contributed by atoms with Gasteiger partial charge in [0.1, 0.15) is 6.07 Å². The highest BCUT2D eigenvalue weighted by atomic mass is 32.2. The number of hydrogen-bond acceptors (Lipinski definition) is 5. The van der Waals surface area contributed by atoms with Crippen molar-refractivity contribution in [1.29, 1.82) is 5.26 Å². The summed E-state index contributed by atoms with van der Waals surface area (Å²) in [7, 11) is 0.833. The first-order chi connectivity index (χ1) is 17.6. The minimum atomic E-state index is -3.46. The summed E-state index contributed by atoms with van der Waals surface area (Å²) in [6.45, 7) is 1.27. The molecule has 2 aliphatic carbocycles. The van der Waals surface area contributed by atoms with E-state index in [0.29, 0.717) is 18.2 Å². The van der Waals surface area contributed by atoms with Gasteiger partial charge >= 0.3 is 6.03 Å². The summed E-state index contributed by atoms with van der Waals surface area (Å²) in [6.07, 6.45) is 8.26. The van der Waals surface area contributed by atoms with Crippen molar-refractivity contribution in [1.82, 2.24) is 9.80 Å². The molecule has 5 rings (SSSR count). The van der Waals surface area contributed by atoms with Gasteiger partial charge in [0.2, 0.25) is 0 Å². The molecule has 0 bridgehead atoms. The van der Waals surface area contributed by atoms with Gasteiger partial charge in [0.05, 0.1) is 28.2 Å². The van der Waals surface area contributed by atoms with Gasteiger partial charge in [-0.15, -0.1) is 0 Å². The number of anilines is 1. The van der Waals surface area contributed by atoms with Crippen LogP contribution in [-0.2, 0) is 15.4 Å². The third-order valence-corrected chi connectivity index (χ3v) is 10.2. The molecule has 1 saturated heterocycles. The van der Waals surface area contributed by atoms with E-state index in [2.05, 4.69) is 54.2 Å². The Bertz CT molecular complexity index is 1320. The van der Waals surface area contributed by atoms with E-state index in [1.54, 1.807) is 11.0 Å². The minimum absolute atomic E-state index is 0.0624. The number of carbonyl (C=O) groups excluding carboxylic acids is 1. The highest BCUT2D eigenvalue weighted by Crippen LogP contribution is 2.50. The lowest BCUT2D eigenvalue weighted by molar-refractivity contribution is 0.0172. The molecular weight excluding hydrogens is 484 g/mol. The molecule has 2 aromatic carbocycles. The average molecular weight is 521 g/mol. The van der Waals surface area contributed by atoms with Crippen LogP contribution in [0.3, 0.4) is 0 Å². The van der Waals surface area contributed by atoms with Crippen molar-refractivity contribution in [2.24, 2.45) is 5.92 Å². The average Bonchev–Trinajstić information content (AvgIpc) is 3.12. The van der Waals surface area contributed by atoms with Crippen molar-refractivity contribution in [3.8, 4) is 6.07 Å². The fourth-order valence-electron chi connectivity index (χ4n) is 6.56. The van der Waals surface area contributed by atoms with Crippen molar-refractivity contribution in [3.63, 3.8) is 0 Å². The maximum absolute atomic E-state index is 14.0. The SMILES string of the molecule is CN(C)C1(c2ccccc2)CCC2(CC1)CN(c1ccc(S(C)(=O)=O)cc1C#N)C(=O)N2CC1CCC1. The molecule has 196 valence electrons. The first-order valence-electron chi connectivity index (χ1n) is 13.2. The zero-order valence-electron chi connectivity index (χ0n) is 22.0. The van der Waals surface area contributed by atoms with Gasteiger partial charge in [-0.25, -0.2) is 13.2 Å². The molecule has 2 saturated carbocycles.